The van der Waals surface area contributed by atoms with E-state index in [2.05, 4.69) is 16.6 Å². The molecule has 10 heteroatoms. The Morgan fingerprint density at radius 3 is 2.39 bits per heavy atom. The Kier molecular flexibility index (Phi) is 8.07. The fraction of sp³-hybridized carbons (Fsp3) is 0.308. The maximum absolute atomic E-state index is 12.9. The molecule has 3 aromatic rings. The molecule has 1 aromatic heterocycles. The molecule has 0 aliphatic rings. The highest BCUT2D eigenvalue weighted by Gasteiger charge is 2.28. The molecule has 36 heavy (non-hydrogen) atoms. The smallest absolute Gasteiger partial charge is 0.419 e. The molecule has 9 nitrogen and oxygen atoms in total. The summed E-state index contributed by atoms with van der Waals surface area (Å²) in [4.78, 5) is 24.6. The first-order valence-electron chi connectivity index (χ1n) is 11.1. The van der Waals surface area contributed by atoms with Crippen LogP contribution in [0.25, 0.3) is 10.9 Å². The van der Waals surface area contributed by atoms with Crippen LogP contribution in [0.1, 0.15) is 33.3 Å². The van der Waals surface area contributed by atoms with Gasteiger partial charge in [0.1, 0.15) is 24.0 Å². The number of carbonyl (C=O) groups is 2. The van der Waals surface area contributed by atoms with Crippen LogP contribution in [0.2, 0.25) is 0 Å². The van der Waals surface area contributed by atoms with Gasteiger partial charge in [0.15, 0.2) is 0 Å². The quantitative estimate of drug-likeness (QED) is 0.440. The van der Waals surface area contributed by atoms with E-state index < -0.39 is 33.7 Å². The number of para-hydroxylation sites is 1. The minimum atomic E-state index is -4.17. The third-order valence-electron chi connectivity index (χ3n) is 5.03. The maximum Gasteiger partial charge on any atom is 0.419 e. The molecule has 0 spiro atoms. The molecular formula is C26H28N2O7S. The Hall–Kier alpha value is -3.81. The number of nitrogens with zero attached hydrogens (tertiary/aromatic N) is 1. The Bertz CT molecular complexity index is 1420. The largest absolute Gasteiger partial charge is 0.481 e. The third kappa shape index (κ3) is 6.65. The second kappa shape index (κ2) is 10.8. The zero-order chi connectivity index (χ0) is 26.5. The third-order valence-corrected chi connectivity index (χ3v) is 6.51. The molecule has 0 bridgehead atoms. The SMILES string of the molecule is CC#CCOc1ccc(S(=O)(=O)N[C@H](Cc2cn(C(=O)OC(C)(C)C)c3ccccc23)C(=O)O)cc1. The summed E-state index contributed by atoms with van der Waals surface area (Å²) in [6.45, 7) is 7.07. The molecule has 0 aliphatic heterocycles. The Morgan fingerprint density at radius 2 is 1.78 bits per heavy atom. The van der Waals surface area contributed by atoms with Crippen LogP contribution in [0, 0.1) is 11.8 Å². The van der Waals surface area contributed by atoms with Crippen molar-refractivity contribution >= 4 is 33.0 Å². The van der Waals surface area contributed by atoms with E-state index >= 15 is 0 Å². The molecule has 0 aliphatic carbocycles. The number of nitrogens with one attached hydrogen (secondary N) is 1. The van der Waals surface area contributed by atoms with Gasteiger partial charge in [-0.15, -0.1) is 5.92 Å². The van der Waals surface area contributed by atoms with Crippen LogP contribution < -0.4 is 9.46 Å². The summed E-state index contributed by atoms with van der Waals surface area (Å²) in [6, 6.07) is 11.0. The van der Waals surface area contributed by atoms with Crippen LogP contribution in [0.15, 0.2) is 59.6 Å². The number of carbonyl (C=O) groups excluding carboxylic acids is 1. The summed E-state index contributed by atoms with van der Waals surface area (Å²) in [7, 11) is -4.17. The summed E-state index contributed by atoms with van der Waals surface area (Å²) < 4.78 is 40.2. The lowest BCUT2D eigenvalue weighted by Gasteiger charge is -2.19. The van der Waals surface area contributed by atoms with Crippen LogP contribution in [-0.4, -0.2) is 48.4 Å². The average molecular weight is 513 g/mol. The van der Waals surface area contributed by atoms with Crippen molar-refractivity contribution in [3.63, 3.8) is 0 Å². The van der Waals surface area contributed by atoms with Gasteiger partial charge in [0.2, 0.25) is 10.0 Å². The van der Waals surface area contributed by atoms with Crippen LogP contribution >= 0.6 is 0 Å². The number of aromatic nitrogens is 1. The molecule has 0 saturated carbocycles. The van der Waals surface area contributed by atoms with Gasteiger partial charge in [-0.3, -0.25) is 9.36 Å². The van der Waals surface area contributed by atoms with Crippen LogP contribution in [0.5, 0.6) is 5.75 Å². The molecule has 190 valence electrons. The first-order valence-corrected chi connectivity index (χ1v) is 12.6. The summed E-state index contributed by atoms with van der Waals surface area (Å²) >= 11 is 0. The highest BCUT2D eigenvalue weighted by molar-refractivity contribution is 7.89. The standard InChI is InChI=1S/C26H28N2O7S/c1-5-6-15-34-19-11-13-20(14-12-19)36(32,33)27-22(24(29)30)16-18-17-28(25(31)35-26(2,3)4)23-10-8-7-9-21(18)23/h7-14,17,22,27H,15-16H2,1-4H3,(H,29,30)/t22-/m1/s1. The molecule has 2 aromatic carbocycles. The van der Waals surface area contributed by atoms with Gasteiger partial charge in [0, 0.05) is 18.0 Å². The minimum Gasteiger partial charge on any atom is -0.481 e. The lowest BCUT2D eigenvalue weighted by atomic mass is 10.1. The van der Waals surface area contributed by atoms with Crippen molar-refractivity contribution in [1.82, 2.24) is 9.29 Å². The van der Waals surface area contributed by atoms with Gasteiger partial charge in [0.05, 0.1) is 10.4 Å². The summed E-state index contributed by atoms with van der Waals surface area (Å²) in [5.41, 5.74) is 0.274. The number of carboxylic acid groups (broad SMARTS) is 1. The Balaban J connectivity index is 1.86. The molecule has 1 heterocycles. The molecular weight excluding hydrogens is 484 g/mol. The van der Waals surface area contributed by atoms with Crippen molar-refractivity contribution in [3.05, 3.63) is 60.3 Å². The van der Waals surface area contributed by atoms with Gasteiger partial charge in [-0.2, -0.15) is 4.72 Å². The van der Waals surface area contributed by atoms with E-state index in [1.165, 1.54) is 35.0 Å². The molecule has 1 atom stereocenters. The predicted octanol–water partition coefficient (Wildman–Crippen LogP) is 3.80. The zero-order valence-corrected chi connectivity index (χ0v) is 21.3. The van der Waals surface area contributed by atoms with Crippen molar-refractivity contribution in [3.8, 4) is 17.6 Å². The van der Waals surface area contributed by atoms with Crippen molar-refractivity contribution in [1.29, 1.82) is 0 Å². The van der Waals surface area contributed by atoms with E-state index in [-0.39, 0.29) is 17.9 Å². The monoisotopic (exact) mass is 512 g/mol. The van der Waals surface area contributed by atoms with Gasteiger partial charge in [0.25, 0.3) is 0 Å². The van der Waals surface area contributed by atoms with E-state index in [4.69, 9.17) is 9.47 Å². The van der Waals surface area contributed by atoms with Gasteiger partial charge in [-0.05, 0) is 63.6 Å². The van der Waals surface area contributed by atoms with Crippen molar-refractivity contribution in [2.75, 3.05) is 6.61 Å². The maximum atomic E-state index is 12.9. The minimum absolute atomic E-state index is 0.112. The summed E-state index contributed by atoms with van der Waals surface area (Å²) in [5, 5.41) is 10.4. The molecule has 3 rings (SSSR count). The Morgan fingerprint density at radius 1 is 1.11 bits per heavy atom. The normalized spacial score (nSPS) is 12.4. The lowest BCUT2D eigenvalue weighted by Crippen LogP contribution is -2.42. The first-order chi connectivity index (χ1) is 16.9. The molecule has 0 saturated heterocycles. The van der Waals surface area contributed by atoms with Gasteiger partial charge >= 0.3 is 12.1 Å². The van der Waals surface area contributed by atoms with Crippen molar-refractivity contribution in [2.45, 2.75) is 50.7 Å². The topological polar surface area (TPSA) is 124 Å². The second-order valence-corrected chi connectivity index (χ2v) is 10.6. The number of fused-ring (bicyclic) bond motifs is 1. The number of benzene rings is 2. The van der Waals surface area contributed by atoms with E-state index in [0.29, 0.717) is 22.2 Å². The lowest BCUT2D eigenvalue weighted by molar-refractivity contribution is -0.138. The molecule has 0 fully saturated rings. The van der Waals surface area contributed by atoms with Crippen LogP contribution in [-0.2, 0) is 26.0 Å². The zero-order valence-electron chi connectivity index (χ0n) is 20.4. The molecule has 0 radical (unpaired) electrons. The van der Waals surface area contributed by atoms with Crippen LogP contribution in [0.4, 0.5) is 4.79 Å². The number of aliphatic carboxylic acids is 1. The van der Waals surface area contributed by atoms with Gasteiger partial charge < -0.3 is 14.6 Å². The van der Waals surface area contributed by atoms with Crippen molar-refractivity contribution in [2.24, 2.45) is 0 Å². The Labute approximate surface area is 210 Å². The predicted molar refractivity (Wildman–Crippen MR) is 134 cm³/mol. The van der Waals surface area contributed by atoms with E-state index in [1.807, 2.05) is 0 Å². The van der Waals surface area contributed by atoms with E-state index in [9.17, 15) is 23.1 Å². The number of hydrogen-bond donors (Lipinski definition) is 2. The highest BCUT2D eigenvalue weighted by Crippen LogP contribution is 2.25. The van der Waals surface area contributed by atoms with Crippen LogP contribution in [0.3, 0.4) is 0 Å². The first kappa shape index (κ1) is 26.8. The average Bonchev–Trinajstić information content (AvgIpc) is 3.17. The summed E-state index contributed by atoms with van der Waals surface area (Å²) in [5.74, 6) is 4.50. The van der Waals surface area contributed by atoms with E-state index in [1.54, 1.807) is 52.0 Å². The molecule has 0 amide bonds. The second-order valence-electron chi connectivity index (χ2n) is 8.92. The van der Waals surface area contributed by atoms with E-state index in [0.717, 1.165) is 0 Å². The fourth-order valence-corrected chi connectivity index (χ4v) is 4.63. The molecule has 2 N–H and O–H groups in total. The summed E-state index contributed by atoms with van der Waals surface area (Å²) in [6.07, 6.45) is 0.667. The van der Waals surface area contributed by atoms with Crippen molar-refractivity contribution < 1.29 is 32.6 Å². The number of rotatable bonds is 8. The fourth-order valence-electron chi connectivity index (χ4n) is 3.44. The molecule has 0 unspecified atom stereocenters. The number of ether oxygens (including phenoxy) is 2. The highest BCUT2D eigenvalue weighted by atomic mass is 32.2. The number of sulfonamides is 1. The number of hydrogen-bond acceptors (Lipinski definition) is 6. The number of carboxylic acids is 1. The van der Waals surface area contributed by atoms with Gasteiger partial charge in [-0.25, -0.2) is 13.2 Å². The van der Waals surface area contributed by atoms with Gasteiger partial charge in [-0.1, -0.05) is 24.1 Å².